The smallest absolute Gasteiger partial charge is 0.119 e. The largest absolute Gasteiger partial charge is 0.378 e. The Kier molecular flexibility index (Phi) is 8.24. The van der Waals surface area contributed by atoms with Gasteiger partial charge in [0.1, 0.15) is 13.9 Å². The zero-order chi connectivity index (χ0) is 30.8. The topological polar surface area (TPSA) is 112 Å². The van der Waals surface area contributed by atoms with Crippen LogP contribution < -0.4 is 21.6 Å². The molecule has 1 aliphatic rings. The highest BCUT2D eigenvalue weighted by molar-refractivity contribution is 6.36. The predicted molar refractivity (Wildman–Crippen MR) is 173 cm³/mol. The van der Waals surface area contributed by atoms with Crippen molar-refractivity contribution in [3.05, 3.63) is 112 Å². The van der Waals surface area contributed by atoms with Crippen molar-refractivity contribution >= 4 is 41.7 Å². The van der Waals surface area contributed by atoms with Gasteiger partial charge in [0.05, 0.1) is 50.6 Å². The molecule has 0 aliphatic carbocycles. The second kappa shape index (κ2) is 11.9. The summed E-state index contributed by atoms with van der Waals surface area (Å²) >= 11 is 6.83. The number of nitrogens with zero attached hydrogens (tertiary/aromatic N) is 4. The molecule has 1 unspecified atom stereocenters. The number of nitriles is 2. The van der Waals surface area contributed by atoms with Gasteiger partial charge in [-0.15, -0.1) is 5.53 Å². The summed E-state index contributed by atoms with van der Waals surface area (Å²) < 4.78 is 0. The summed E-state index contributed by atoms with van der Waals surface area (Å²) in [4.78, 5) is 4.52. The van der Waals surface area contributed by atoms with Gasteiger partial charge in [-0.2, -0.15) is 10.5 Å². The minimum absolute atomic E-state index is 0.0427. The molecule has 0 bridgehead atoms. The molecule has 3 aromatic carbocycles. The summed E-state index contributed by atoms with van der Waals surface area (Å²) in [5, 5.41) is 29.7. The number of halogens is 1. The van der Waals surface area contributed by atoms with Gasteiger partial charge < -0.3 is 16.1 Å². The molecular weight excluding hydrogens is 555 g/mol. The van der Waals surface area contributed by atoms with Crippen LogP contribution in [0.5, 0.6) is 0 Å². The second-order valence-electron chi connectivity index (χ2n) is 11.5. The zero-order valence-electron chi connectivity index (χ0n) is 24.5. The van der Waals surface area contributed by atoms with Crippen molar-refractivity contribution in [1.29, 1.82) is 10.5 Å². The molecule has 10 heteroatoms. The molecule has 2 atom stereocenters. The van der Waals surface area contributed by atoms with Crippen molar-refractivity contribution in [1.82, 2.24) is 21.0 Å². The van der Waals surface area contributed by atoms with Crippen LogP contribution in [0.25, 0.3) is 10.9 Å². The fraction of sp³-hybridized carbons (Fsp3) is 0.242. The number of hydrazine groups is 2. The molecule has 0 saturated carbocycles. The molecule has 1 aromatic heterocycles. The molecule has 214 valence electrons. The Morgan fingerprint density at radius 3 is 2.47 bits per heavy atom. The first-order valence-electron chi connectivity index (χ1n) is 14.0. The van der Waals surface area contributed by atoms with Crippen LogP contribution in [-0.2, 0) is 5.44 Å². The average molecular weight is 587 g/mol. The molecular formula is C33H32BClN8. The lowest BCUT2D eigenvalue weighted by molar-refractivity contribution is 0.138. The Morgan fingerprint density at radius 2 is 1.81 bits per heavy atom. The normalized spacial score (nSPS) is 15.0. The van der Waals surface area contributed by atoms with E-state index in [1.54, 1.807) is 30.5 Å². The monoisotopic (exact) mass is 586 g/mol. The highest BCUT2D eigenvalue weighted by Crippen LogP contribution is 2.39. The molecule has 1 aliphatic heterocycles. The number of pyridine rings is 1. The SMILES string of the molecule is [B]C(Nc1cc(Cl)c2ncc(C#N)c(N[C@H](CC)c3ccccc3)c2c1)(C1=CN(C(C)(C)C)NN1)c1cccc(C#N)c1. The van der Waals surface area contributed by atoms with Crippen LogP contribution in [0.15, 0.2) is 84.8 Å². The van der Waals surface area contributed by atoms with Crippen molar-refractivity contribution in [3.8, 4) is 12.1 Å². The van der Waals surface area contributed by atoms with E-state index in [0.717, 1.165) is 12.0 Å². The summed E-state index contributed by atoms with van der Waals surface area (Å²) in [6.45, 7) is 8.30. The van der Waals surface area contributed by atoms with E-state index in [1.165, 1.54) is 0 Å². The number of anilines is 2. The Hall–Kier alpha value is -4.70. The third-order valence-electron chi connectivity index (χ3n) is 7.48. The van der Waals surface area contributed by atoms with Crippen LogP contribution in [-0.4, -0.2) is 23.4 Å². The van der Waals surface area contributed by atoms with Crippen LogP contribution in [0.4, 0.5) is 11.4 Å². The van der Waals surface area contributed by atoms with Crippen molar-refractivity contribution < 1.29 is 0 Å². The van der Waals surface area contributed by atoms with Crippen LogP contribution in [0.1, 0.15) is 62.4 Å². The van der Waals surface area contributed by atoms with Gasteiger partial charge in [-0.25, -0.2) is 0 Å². The van der Waals surface area contributed by atoms with Gasteiger partial charge in [0.2, 0.25) is 0 Å². The van der Waals surface area contributed by atoms with Gasteiger partial charge in [-0.05, 0) is 62.6 Å². The average Bonchev–Trinajstić information content (AvgIpc) is 3.52. The summed E-state index contributed by atoms with van der Waals surface area (Å²) in [5.41, 5.74) is 9.91. The van der Waals surface area contributed by atoms with E-state index in [0.29, 0.717) is 49.7 Å². The van der Waals surface area contributed by atoms with E-state index in [9.17, 15) is 10.5 Å². The third-order valence-corrected chi connectivity index (χ3v) is 7.77. The molecule has 2 heterocycles. The van der Waals surface area contributed by atoms with Gasteiger partial charge >= 0.3 is 0 Å². The standard InChI is InChI=1S/C33H32BClN8/c1-5-28(22-11-7-6-8-12-22)39-30-23(18-37)19-38-31-26(30)15-25(16-27(31)35)40-33(34,24-13-9-10-21(14-24)17-36)29-20-43(42-41-29)32(2,3)4/h6-16,19-20,28,40-42H,5H2,1-4H3,(H,38,39)/t28-,33?/m1/s1. The fourth-order valence-corrected chi connectivity index (χ4v) is 5.35. The first kappa shape index (κ1) is 29.8. The molecule has 0 amide bonds. The van der Waals surface area contributed by atoms with Crippen molar-refractivity contribution in [2.24, 2.45) is 0 Å². The van der Waals surface area contributed by atoms with E-state index in [1.807, 2.05) is 41.5 Å². The number of hydrogen-bond donors (Lipinski definition) is 4. The minimum atomic E-state index is -1.30. The van der Waals surface area contributed by atoms with E-state index in [2.05, 4.69) is 78.5 Å². The van der Waals surface area contributed by atoms with Crippen molar-refractivity contribution in [2.45, 2.75) is 51.1 Å². The highest BCUT2D eigenvalue weighted by Gasteiger charge is 2.36. The fourth-order valence-electron chi connectivity index (χ4n) is 5.09. The summed E-state index contributed by atoms with van der Waals surface area (Å²) in [6, 6.07) is 25.4. The number of aromatic nitrogens is 1. The maximum atomic E-state index is 10.0. The van der Waals surface area contributed by atoms with E-state index in [4.69, 9.17) is 19.4 Å². The molecule has 2 radical (unpaired) electrons. The van der Waals surface area contributed by atoms with Crippen LogP contribution >= 0.6 is 11.6 Å². The molecule has 4 aromatic rings. The summed E-state index contributed by atoms with van der Waals surface area (Å²) in [7, 11) is 7.21. The summed E-state index contributed by atoms with van der Waals surface area (Å²) in [6.07, 6.45) is 4.24. The van der Waals surface area contributed by atoms with Gasteiger partial charge in [0, 0.05) is 29.0 Å². The molecule has 4 N–H and O–H groups in total. The lowest BCUT2D eigenvalue weighted by Gasteiger charge is -2.34. The second-order valence-corrected chi connectivity index (χ2v) is 11.9. The number of rotatable bonds is 8. The maximum absolute atomic E-state index is 10.0. The Morgan fingerprint density at radius 1 is 1.05 bits per heavy atom. The predicted octanol–water partition coefficient (Wildman–Crippen LogP) is 6.59. The number of fused-ring (bicyclic) bond motifs is 1. The van der Waals surface area contributed by atoms with Gasteiger partial charge in [-0.3, -0.25) is 9.99 Å². The zero-order valence-corrected chi connectivity index (χ0v) is 25.3. The van der Waals surface area contributed by atoms with Crippen LogP contribution in [0.3, 0.4) is 0 Å². The summed E-state index contributed by atoms with van der Waals surface area (Å²) in [5.74, 6) is 0. The van der Waals surface area contributed by atoms with Crippen LogP contribution in [0, 0.1) is 22.7 Å². The molecule has 0 spiro atoms. The Labute approximate surface area is 258 Å². The third kappa shape index (κ3) is 5.96. The highest BCUT2D eigenvalue weighted by atomic mass is 35.5. The molecule has 8 nitrogen and oxygen atoms in total. The van der Waals surface area contributed by atoms with Crippen LogP contribution in [0.2, 0.25) is 5.02 Å². The number of nitrogens with one attached hydrogen (secondary N) is 4. The van der Waals surface area contributed by atoms with E-state index >= 15 is 0 Å². The van der Waals surface area contributed by atoms with Gasteiger partial charge in [0.25, 0.3) is 0 Å². The first-order chi connectivity index (χ1) is 20.6. The molecule has 0 fully saturated rings. The lowest BCUT2D eigenvalue weighted by Crippen LogP contribution is -2.49. The Bertz CT molecular complexity index is 1770. The number of benzene rings is 3. The first-order valence-corrected chi connectivity index (χ1v) is 14.4. The molecule has 5 rings (SSSR count). The van der Waals surface area contributed by atoms with E-state index in [-0.39, 0.29) is 11.6 Å². The Balaban J connectivity index is 1.64. The van der Waals surface area contributed by atoms with Gasteiger partial charge in [0.15, 0.2) is 0 Å². The van der Waals surface area contributed by atoms with Crippen molar-refractivity contribution in [2.75, 3.05) is 10.6 Å². The quantitative estimate of drug-likeness (QED) is 0.171. The molecule has 0 saturated heterocycles. The maximum Gasteiger partial charge on any atom is 0.119 e. The lowest BCUT2D eigenvalue weighted by atomic mass is 9.69. The van der Waals surface area contributed by atoms with Crippen molar-refractivity contribution in [3.63, 3.8) is 0 Å². The molecule has 43 heavy (non-hydrogen) atoms. The minimum Gasteiger partial charge on any atom is -0.378 e. The number of hydrogen-bond acceptors (Lipinski definition) is 8. The van der Waals surface area contributed by atoms with Gasteiger partial charge in [-0.1, -0.05) is 61.0 Å². The van der Waals surface area contributed by atoms with E-state index < -0.39 is 5.44 Å².